The average molecular weight is 183 g/mol. The highest BCUT2D eigenvalue weighted by molar-refractivity contribution is 5.82. The van der Waals surface area contributed by atoms with Crippen LogP contribution >= 0.6 is 0 Å². The summed E-state index contributed by atoms with van der Waals surface area (Å²) in [7, 11) is 2.12. The Morgan fingerprint density at radius 2 is 2.38 bits per heavy atom. The van der Waals surface area contributed by atoms with E-state index in [1.807, 2.05) is 6.92 Å². The number of rotatable bonds is 0. The second kappa shape index (κ2) is 2.96. The highest BCUT2D eigenvalue weighted by Crippen LogP contribution is 2.22. The molecule has 2 rings (SSSR count). The van der Waals surface area contributed by atoms with Gasteiger partial charge in [0.15, 0.2) is 0 Å². The minimum absolute atomic E-state index is 0.0414. The topological polar surface area (TPSA) is 44.4 Å². The van der Waals surface area contributed by atoms with Crippen LogP contribution < -0.4 is 10.6 Å². The molecule has 13 heavy (non-hydrogen) atoms. The van der Waals surface area contributed by atoms with Crippen LogP contribution in [0, 0.1) is 0 Å². The molecule has 0 aromatic rings. The van der Waals surface area contributed by atoms with Crippen LogP contribution in [0.15, 0.2) is 0 Å². The molecule has 2 aliphatic rings. The first kappa shape index (κ1) is 8.97. The number of amides is 1. The fourth-order valence-corrected chi connectivity index (χ4v) is 2.33. The molecule has 0 bridgehead atoms. The molecule has 1 amide bonds. The molecule has 2 N–H and O–H groups in total. The normalized spacial score (nSPS) is 41.1. The number of hydrogen-bond donors (Lipinski definition) is 2. The van der Waals surface area contributed by atoms with E-state index in [2.05, 4.69) is 22.6 Å². The lowest BCUT2D eigenvalue weighted by molar-refractivity contribution is -0.125. The number of likely N-dealkylation sites (N-methyl/N-ethyl adjacent to an activating group) is 1. The molecular weight excluding hydrogens is 166 g/mol. The third-order valence-corrected chi connectivity index (χ3v) is 3.06. The van der Waals surface area contributed by atoms with Crippen molar-refractivity contribution in [2.75, 3.05) is 26.7 Å². The van der Waals surface area contributed by atoms with Crippen molar-refractivity contribution in [3.05, 3.63) is 0 Å². The Morgan fingerprint density at radius 3 is 2.92 bits per heavy atom. The van der Waals surface area contributed by atoms with E-state index in [0.717, 1.165) is 26.1 Å². The minimum Gasteiger partial charge on any atom is -0.353 e. The largest absolute Gasteiger partial charge is 0.353 e. The predicted octanol–water partition coefficient (Wildman–Crippen LogP) is -0.831. The average Bonchev–Trinajstić information content (AvgIpc) is 2.42. The monoisotopic (exact) mass is 183 g/mol. The van der Waals surface area contributed by atoms with Gasteiger partial charge >= 0.3 is 0 Å². The molecule has 4 nitrogen and oxygen atoms in total. The Morgan fingerprint density at radius 1 is 1.62 bits per heavy atom. The van der Waals surface area contributed by atoms with Crippen LogP contribution in [0.1, 0.15) is 13.3 Å². The summed E-state index contributed by atoms with van der Waals surface area (Å²) in [6, 6.07) is -0.0414. The van der Waals surface area contributed by atoms with Crippen molar-refractivity contribution in [2.45, 2.75) is 24.9 Å². The van der Waals surface area contributed by atoms with Crippen LogP contribution in [-0.2, 0) is 4.79 Å². The fraction of sp³-hybridized carbons (Fsp3) is 0.889. The summed E-state index contributed by atoms with van der Waals surface area (Å²) in [5.74, 6) is 0.125. The van der Waals surface area contributed by atoms with E-state index in [9.17, 15) is 4.79 Å². The molecule has 1 spiro atoms. The van der Waals surface area contributed by atoms with Crippen molar-refractivity contribution in [3.63, 3.8) is 0 Å². The second-order valence-corrected chi connectivity index (χ2v) is 4.35. The second-order valence-electron chi connectivity index (χ2n) is 4.35. The van der Waals surface area contributed by atoms with E-state index >= 15 is 0 Å². The van der Waals surface area contributed by atoms with E-state index in [-0.39, 0.29) is 17.5 Å². The summed E-state index contributed by atoms with van der Waals surface area (Å²) in [4.78, 5) is 13.5. The van der Waals surface area contributed by atoms with E-state index in [1.165, 1.54) is 0 Å². The summed E-state index contributed by atoms with van der Waals surface area (Å²) in [6.45, 7) is 4.86. The first-order valence-electron chi connectivity index (χ1n) is 4.85. The van der Waals surface area contributed by atoms with Crippen molar-refractivity contribution in [2.24, 2.45) is 0 Å². The number of nitrogens with zero attached hydrogens (tertiary/aromatic N) is 1. The van der Waals surface area contributed by atoms with E-state index in [1.54, 1.807) is 0 Å². The minimum atomic E-state index is -0.0414. The van der Waals surface area contributed by atoms with Crippen LogP contribution in [0.2, 0.25) is 0 Å². The van der Waals surface area contributed by atoms with E-state index < -0.39 is 0 Å². The highest BCUT2D eigenvalue weighted by atomic mass is 16.2. The van der Waals surface area contributed by atoms with Crippen molar-refractivity contribution < 1.29 is 4.79 Å². The van der Waals surface area contributed by atoms with Crippen molar-refractivity contribution >= 4 is 5.91 Å². The number of nitrogens with one attached hydrogen (secondary N) is 2. The molecular formula is C9H17N3O. The van der Waals surface area contributed by atoms with Gasteiger partial charge in [-0.2, -0.15) is 0 Å². The van der Waals surface area contributed by atoms with Gasteiger partial charge in [-0.15, -0.1) is 0 Å². The van der Waals surface area contributed by atoms with E-state index in [0.29, 0.717) is 0 Å². The number of piperazine rings is 1. The predicted molar refractivity (Wildman–Crippen MR) is 50.5 cm³/mol. The van der Waals surface area contributed by atoms with Crippen LogP contribution in [0.3, 0.4) is 0 Å². The smallest absolute Gasteiger partial charge is 0.236 e. The molecule has 2 saturated heterocycles. The zero-order valence-electron chi connectivity index (χ0n) is 8.26. The maximum absolute atomic E-state index is 11.2. The molecule has 0 aliphatic carbocycles. The van der Waals surface area contributed by atoms with Gasteiger partial charge in [-0.3, -0.25) is 10.1 Å². The van der Waals surface area contributed by atoms with Gasteiger partial charge in [0.05, 0.1) is 11.6 Å². The van der Waals surface area contributed by atoms with Gasteiger partial charge < -0.3 is 10.2 Å². The van der Waals surface area contributed by atoms with Gasteiger partial charge in [-0.25, -0.2) is 0 Å². The Hall–Kier alpha value is -0.610. The van der Waals surface area contributed by atoms with Gasteiger partial charge in [0.1, 0.15) is 0 Å². The maximum Gasteiger partial charge on any atom is 0.236 e. The molecule has 2 atom stereocenters. The van der Waals surface area contributed by atoms with Gasteiger partial charge in [-0.05, 0) is 26.9 Å². The lowest BCUT2D eigenvalue weighted by Gasteiger charge is -2.38. The lowest BCUT2D eigenvalue weighted by Crippen LogP contribution is -2.66. The SMILES string of the molecule is CC1NC2(CCN(C)C2)CNC1=O. The Kier molecular flexibility index (Phi) is 2.04. The quantitative estimate of drug-likeness (QED) is 0.515. The molecule has 0 aromatic carbocycles. The number of carbonyl (C=O) groups excluding carboxylic acids is 1. The van der Waals surface area contributed by atoms with Crippen molar-refractivity contribution in [1.82, 2.24) is 15.5 Å². The molecule has 0 radical (unpaired) electrons. The van der Waals surface area contributed by atoms with Gasteiger partial charge in [0, 0.05) is 13.1 Å². The highest BCUT2D eigenvalue weighted by Gasteiger charge is 2.41. The lowest BCUT2D eigenvalue weighted by atomic mass is 9.94. The zero-order valence-corrected chi connectivity index (χ0v) is 8.26. The molecule has 0 saturated carbocycles. The molecule has 0 aromatic heterocycles. The van der Waals surface area contributed by atoms with Gasteiger partial charge in [-0.1, -0.05) is 0 Å². The summed E-state index contributed by atoms with van der Waals surface area (Å²) >= 11 is 0. The maximum atomic E-state index is 11.2. The summed E-state index contributed by atoms with van der Waals surface area (Å²) in [6.07, 6.45) is 1.13. The Balaban J connectivity index is 2.05. The van der Waals surface area contributed by atoms with Crippen LogP contribution in [0.25, 0.3) is 0 Å². The number of hydrogen-bond acceptors (Lipinski definition) is 3. The first-order valence-corrected chi connectivity index (χ1v) is 4.85. The fourth-order valence-electron chi connectivity index (χ4n) is 2.33. The third-order valence-electron chi connectivity index (χ3n) is 3.06. The molecule has 2 unspecified atom stereocenters. The van der Waals surface area contributed by atoms with Crippen LogP contribution in [0.4, 0.5) is 0 Å². The van der Waals surface area contributed by atoms with Gasteiger partial charge in [0.25, 0.3) is 0 Å². The van der Waals surface area contributed by atoms with Crippen LogP contribution in [-0.4, -0.2) is 49.1 Å². The van der Waals surface area contributed by atoms with Crippen molar-refractivity contribution in [3.8, 4) is 0 Å². The van der Waals surface area contributed by atoms with Crippen molar-refractivity contribution in [1.29, 1.82) is 0 Å². The summed E-state index contributed by atoms with van der Waals surface area (Å²) < 4.78 is 0. The molecule has 2 fully saturated rings. The standard InChI is InChI=1S/C9H17N3O/c1-7-8(13)10-5-9(11-7)3-4-12(2)6-9/h7,11H,3-6H2,1-2H3,(H,10,13). The zero-order chi connectivity index (χ0) is 9.47. The van der Waals surface area contributed by atoms with Crippen LogP contribution in [0.5, 0.6) is 0 Å². The number of likely N-dealkylation sites (tertiary alicyclic amines) is 1. The Labute approximate surface area is 78.7 Å². The first-order chi connectivity index (χ1) is 6.11. The summed E-state index contributed by atoms with van der Waals surface area (Å²) in [5.41, 5.74) is 0.141. The molecule has 2 heterocycles. The van der Waals surface area contributed by atoms with Gasteiger partial charge in [0.2, 0.25) is 5.91 Å². The third kappa shape index (κ3) is 1.56. The Bertz CT molecular complexity index is 231. The molecule has 2 aliphatic heterocycles. The molecule has 4 heteroatoms. The molecule has 74 valence electrons. The van der Waals surface area contributed by atoms with E-state index in [4.69, 9.17) is 0 Å². The summed E-state index contributed by atoms with van der Waals surface area (Å²) in [5, 5.41) is 6.38. The number of carbonyl (C=O) groups is 1.